The van der Waals surface area contributed by atoms with Crippen molar-refractivity contribution < 1.29 is 9.84 Å². The lowest BCUT2D eigenvalue weighted by atomic mass is 10.0. The van der Waals surface area contributed by atoms with E-state index in [1.165, 1.54) is 0 Å². The smallest absolute Gasteiger partial charge is 0.127 e. The number of ether oxygens (including phenoxy) is 1. The minimum absolute atomic E-state index is 0.289. The van der Waals surface area contributed by atoms with E-state index in [0.29, 0.717) is 0 Å². The molecule has 0 saturated heterocycles. The van der Waals surface area contributed by atoms with E-state index in [-0.39, 0.29) is 5.75 Å². The zero-order valence-corrected chi connectivity index (χ0v) is 9.47. The highest BCUT2D eigenvalue weighted by molar-refractivity contribution is 6.13. The summed E-state index contributed by atoms with van der Waals surface area (Å²) in [6.07, 6.45) is 0. The lowest BCUT2D eigenvalue weighted by Gasteiger charge is -2.10. The van der Waals surface area contributed by atoms with Crippen LogP contribution in [-0.4, -0.2) is 12.2 Å². The summed E-state index contributed by atoms with van der Waals surface area (Å²) in [5.74, 6) is 1.08. The molecule has 0 radical (unpaired) electrons. The quantitative estimate of drug-likeness (QED) is 0.638. The minimum atomic E-state index is 0.289. The van der Waals surface area contributed by atoms with Gasteiger partial charge in [0, 0.05) is 10.8 Å². The Hall–Kier alpha value is -2.22. The number of hydrogen-bond acceptors (Lipinski definition) is 2. The number of hydrogen-bond donors (Lipinski definition) is 1. The van der Waals surface area contributed by atoms with Crippen molar-refractivity contribution in [2.24, 2.45) is 0 Å². The number of phenols is 1. The number of methoxy groups -OCH3 is 1. The van der Waals surface area contributed by atoms with Crippen LogP contribution in [0.4, 0.5) is 0 Å². The third-order valence-corrected chi connectivity index (χ3v) is 3.04. The minimum Gasteiger partial charge on any atom is -0.507 e. The van der Waals surface area contributed by atoms with Gasteiger partial charge in [-0.05, 0) is 22.9 Å². The van der Waals surface area contributed by atoms with Crippen molar-refractivity contribution in [2.45, 2.75) is 0 Å². The van der Waals surface area contributed by atoms with Gasteiger partial charge in [-0.3, -0.25) is 0 Å². The molecule has 0 bridgehead atoms. The lowest BCUT2D eigenvalue weighted by molar-refractivity contribution is 0.420. The first-order valence-corrected chi connectivity index (χ1v) is 5.48. The van der Waals surface area contributed by atoms with Crippen molar-refractivity contribution in [2.75, 3.05) is 7.11 Å². The summed E-state index contributed by atoms with van der Waals surface area (Å²) in [4.78, 5) is 0. The molecule has 0 saturated carbocycles. The van der Waals surface area contributed by atoms with E-state index in [4.69, 9.17) is 4.74 Å². The van der Waals surface area contributed by atoms with Crippen molar-refractivity contribution in [1.29, 1.82) is 0 Å². The second-order valence-electron chi connectivity index (χ2n) is 4.00. The Labute approximate surface area is 99.1 Å². The second-order valence-corrected chi connectivity index (χ2v) is 4.00. The summed E-state index contributed by atoms with van der Waals surface area (Å²) < 4.78 is 5.38. The van der Waals surface area contributed by atoms with E-state index in [1.54, 1.807) is 13.2 Å². The van der Waals surface area contributed by atoms with Crippen molar-refractivity contribution in [1.82, 2.24) is 0 Å². The average molecular weight is 224 g/mol. The zero-order valence-electron chi connectivity index (χ0n) is 9.47. The van der Waals surface area contributed by atoms with Gasteiger partial charge in [0.1, 0.15) is 11.5 Å². The molecule has 0 atom stereocenters. The Kier molecular flexibility index (Phi) is 2.15. The molecule has 2 nitrogen and oxygen atoms in total. The summed E-state index contributed by atoms with van der Waals surface area (Å²) >= 11 is 0. The molecule has 0 unspecified atom stereocenters. The van der Waals surface area contributed by atoms with Crippen LogP contribution in [0.15, 0.2) is 48.5 Å². The summed E-state index contributed by atoms with van der Waals surface area (Å²) in [5, 5.41) is 13.9. The third kappa shape index (κ3) is 1.41. The third-order valence-electron chi connectivity index (χ3n) is 3.04. The van der Waals surface area contributed by atoms with Gasteiger partial charge in [-0.15, -0.1) is 0 Å². The standard InChI is InChI=1S/C15H12O2/c1-17-14-8-4-7-12-13(16)9-10-5-2-3-6-11(10)15(12)14/h2-9,16H,1H3. The second kappa shape index (κ2) is 3.67. The Bertz CT molecular complexity index is 702. The summed E-state index contributed by atoms with van der Waals surface area (Å²) in [7, 11) is 1.65. The van der Waals surface area contributed by atoms with Gasteiger partial charge in [-0.25, -0.2) is 0 Å². The molecule has 3 rings (SSSR count). The highest BCUT2D eigenvalue weighted by atomic mass is 16.5. The highest BCUT2D eigenvalue weighted by Gasteiger charge is 2.09. The maximum absolute atomic E-state index is 10.0. The van der Waals surface area contributed by atoms with Crippen LogP contribution in [0.3, 0.4) is 0 Å². The number of phenolic OH excluding ortho intramolecular Hbond substituents is 1. The first-order valence-electron chi connectivity index (χ1n) is 5.48. The molecule has 17 heavy (non-hydrogen) atoms. The fourth-order valence-corrected chi connectivity index (χ4v) is 2.27. The molecule has 3 aromatic carbocycles. The zero-order chi connectivity index (χ0) is 11.8. The molecule has 0 aliphatic carbocycles. The average Bonchev–Trinajstić information content (AvgIpc) is 2.38. The molecule has 84 valence electrons. The van der Waals surface area contributed by atoms with Gasteiger partial charge in [0.05, 0.1) is 7.11 Å². The van der Waals surface area contributed by atoms with Crippen LogP contribution < -0.4 is 4.74 Å². The van der Waals surface area contributed by atoms with Gasteiger partial charge in [-0.2, -0.15) is 0 Å². The van der Waals surface area contributed by atoms with Crippen molar-refractivity contribution in [3.05, 3.63) is 48.5 Å². The summed E-state index contributed by atoms with van der Waals surface area (Å²) in [6, 6.07) is 15.5. The van der Waals surface area contributed by atoms with E-state index in [1.807, 2.05) is 42.5 Å². The van der Waals surface area contributed by atoms with Crippen LogP contribution in [0.1, 0.15) is 0 Å². The Balaban J connectivity index is 2.61. The monoisotopic (exact) mass is 224 g/mol. The Morgan fingerprint density at radius 1 is 0.941 bits per heavy atom. The van der Waals surface area contributed by atoms with E-state index < -0.39 is 0 Å². The molecule has 2 heteroatoms. The fourth-order valence-electron chi connectivity index (χ4n) is 2.27. The van der Waals surface area contributed by atoms with Gasteiger partial charge in [0.15, 0.2) is 0 Å². The van der Waals surface area contributed by atoms with Crippen LogP contribution >= 0.6 is 0 Å². The van der Waals surface area contributed by atoms with Crippen LogP contribution in [0.25, 0.3) is 21.5 Å². The van der Waals surface area contributed by atoms with Gasteiger partial charge in [0.25, 0.3) is 0 Å². The lowest BCUT2D eigenvalue weighted by Crippen LogP contribution is -1.86. The Morgan fingerprint density at radius 3 is 2.53 bits per heavy atom. The van der Waals surface area contributed by atoms with Crippen LogP contribution in [0.2, 0.25) is 0 Å². The molecular formula is C15H12O2. The van der Waals surface area contributed by atoms with E-state index in [2.05, 4.69) is 0 Å². The largest absolute Gasteiger partial charge is 0.507 e. The molecule has 3 aromatic rings. The van der Waals surface area contributed by atoms with Crippen molar-refractivity contribution in [3.63, 3.8) is 0 Å². The van der Waals surface area contributed by atoms with Gasteiger partial charge >= 0.3 is 0 Å². The maximum atomic E-state index is 10.0. The van der Waals surface area contributed by atoms with E-state index in [0.717, 1.165) is 27.3 Å². The fraction of sp³-hybridized carbons (Fsp3) is 0.0667. The predicted molar refractivity (Wildman–Crippen MR) is 69.7 cm³/mol. The van der Waals surface area contributed by atoms with Crippen LogP contribution in [0, 0.1) is 0 Å². The number of fused-ring (bicyclic) bond motifs is 3. The van der Waals surface area contributed by atoms with Gasteiger partial charge < -0.3 is 9.84 Å². The molecule has 0 aliphatic heterocycles. The summed E-state index contributed by atoms with van der Waals surface area (Å²) in [6.45, 7) is 0. The summed E-state index contributed by atoms with van der Waals surface area (Å²) in [5.41, 5.74) is 0. The number of rotatable bonds is 1. The van der Waals surface area contributed by atoms with Crippen molar-refractivity contribution in [3.8, 4) is 11.5 Å². The molecule has 0 aromatic heterocycles. The molecule has 0 amide bonds. The number of aromatic hydroxyl groups is 1. The van der Waals surface area contributed by atoms with Gasteiger partial charge in [-0.1, -0.05) is 36.4 Å². The van der Waals surface area contributed by atoms with Crippen LogP contribution in [0.5, 0.6) is 11.5 Å². The molecule has 0 spiro atoms. The van der Waals surface area contributed by atoms with E-state index >= 15 is 0 Å². The van der Waals surface area contributed by atoms with E-state index in [9.17, 15) is 5.11 Å². The molecule has 0 aliphatic rings. The predicted octanol–water partition coefficient (Wildman–Crippen LogP) is 3.71. The van der Waals surface area contributed by atoms with Gasteiger partial charge in [0.2, 0.25) is 0 Å². The first-order chi connectivity index (χ1) is 8.31. The molecule has 1 N–H and O–H groups in total. The van der Waals surface area contributed by atoms with Crippen LogP contribution in [-0.2, 0) is 0 Å². The maximum Gasteiger partial charge on any atom is 0.127 e. The first kappa shape index (κ1) is 9.97. The SMILES string of the molecule is COc1cccc2c(O)cc3ccccc3c12. The van der Waals surface area contributed by atoms with Crippen molar-refractivity contribution >= 4 is 21.5 Å². The normalized spacial score (nSPS) is 10.9. The Morgan fingerprint density at radius 2 is 1.71 bits per heavy atom. The topological polar surface area (TPSA) is 29.5 Å². The highest BCUT2D eigenvalue weighted by Crippen LogP contribution is 2.37. The molecular weight excluding hydrogens is 212 g/mol. The number of benzene rings is 3. The molecule has 0 heterocycles. The molecule has 0 fully saturated rings.